The Morgan fingerprint density at radius 1 is 1.30 bits per heavy atom. The van der Waals surface area contributed by atoms with Crippen LogP contribution in [0.5, 0.6) is 5.75 Å². The van der Waals surface area contributed by atoms with Crippen LogP contribution in [0.2, 0.25) is 0 Å². The number of fused-ring (bicyclic) bond motifs is 1. The fourth-order valence-corrected chi connectivity index (χ4v) is 5.40. The first-order valence-corrected chi connectivity index (χ1v) is 10.7. The summed E-state index contributed by atoms with van der Waals surface area (Å²) < 4.78 is 33.6. The zero-order chi connectivity index (χ0) is 19.0. The Balaban J connectivity index is 1.64. The van der Waals surface area contributed by atoms with Crippen LogP contribution in [-0.2, 0) is 10.0 Å². The lowest BCUT2D eigenvalue weighted by atomic mass is 10.0. The molecule has 0 spiro atoms. The Bertz CT molecular complexity index is 1140. The number of halogens is 1. The van der Waals surface area contributed by atoms with Crippen molar-refractivity contribution in [1.29, 1.82) is 0 Å². The first-order chi connectivity index (χ1) is 13.0. The smallest absolute Gasteiger partial charge is 0.247 e. The number of benzene rings is 1. The van der Waals surface area contributed by atoms with Gasteiger partial charge < -0.3 is 9.72 Å². The van der Waals surface area contributed by atoms with Gasteiger partial charge in [0.15, 0.2) is 0 Å². The van der Waals surface area contributed by atoms with Gasteiger partial charge in [0.25, 0.3) is 0 Å². The van der Waals surface area contributed by atoms with Crippen LogP contribution in [0.3, 0.4) is 0 Å². The van der Waals surface area contributed by atoms with Gasteiger partial charge >= 0.3 is 0 Å². The Kier molecular flexibility index (Phi) is 4.79. The number of pyridine rings is 1. The summed E-state index contributed by atoms with van der Waals surface area (Å²) in [6.07, 6.45) is 6.29. The minimum Gasteiger partial charge on any atom is -0.495 e. The number of H-pyrrole nitrogens is 1. The molecule has 1 N–H and O–H groups in total. The second-order valence-corrected chi connectivity index (χ2v) is 9.06. The summed E-state index contributed by atoms with van der Waals surface area (Å²) in [7, 11) is -2.17. The molecule has 1 aliphatic rings. The molecule has 6 nitrogen and oxygen atoms in total. The highest BCUT2D eigenvalue weighted by Gasteiger charge is 2.29. The summed E-state index contributed by atoms with van der Waals surface area (Å²) in [5, 5.41) is 1.05. The average Bonchev–Trinajstić information content (AvgIpc) is 3.12. The van der Waals surface area contributed by atoms with E-state index in [4.69, 9.17) is 4.74 Å². The van der Waals surface area contributed by atoms with E-state index in [2.05, 4.69) is 25.9 Å². The number of nitrogens with one attached hydrogen (secondary N) is 1. The van der Waals surface area contributed by atoms with Gasteiger partial charge in [-0.3, -0.25) is 0 Å². The second kappa shape index (κ2) is 7.10. The largest absolute Gasteiger partial charge is 0.495 e. The molecule has 0 aliphatic carbocycles. The molecule has 140 valence electrons. The van der Waals surface area contributed by atoms with Crippen molar-refractivity contribution in [3.8, 4) is 5.75 Å². The van der Waals surface area contributed by atoms with E-state index >= 15 is 0 Å². The van der Waals surface area contributed by atoms with Crippen LogP contribution >= 0.6 is 15.9 Å². The maximum absolute atomic E-state index is 13.1. The standard InChI is InChI=1S/C19H18BrN3O3S/c1-26-17-5-4-14(20)11-18(17)27(24,25)23-9-6-13(7-10-23)16-12-22-19-15(16)3-2-8-21-19/h2-6,8,11-12H,7,9-10H2,1H3,(H,21,22). The second-order valence-electron chi connectivity index (χ2n) is 6.24. The van der Waals surface area contributed by atoms with Gasteiger partial charge in [-0.2, -0.15) is 4.31 Å². The number of hydrogen-bond donors (Lipinski definition) is 1. The number of ether oxygens (including phenoxy) is 1. The van der Waals surface area contributed by atoms with E-state index in [1.807, 2.05) is 24.4 Å². The van der Waals surface area contributed by atoms with Crippen molar-refractivity contribution in [2.24, 2.45) is 0 Å². The fourth-order valence-electron chi connectivity index (χ4n) is 3.33. The Hall–Kier alpha value is -2.16. The molecule has 0 fully saturated rings. The van der Waals surface area contributed by atoms with E-state index in [0.29, 0.717) is 29.7 Å². The molecule has 1 aromatic carbocycles. The maximum atomic E-state index is 13.1. The summed E-state index contributed by atoms with van der Waals surface area (Å²) in [5.41, 5.74) is 3.04. The van der Waals surface area contributed by atoms with Gasteiger partial charge in [-0.1, -0.05) is 22.0 Å². The molecule has 0 amide bonds. The predicted molar refractivity (Wildman–Crippen MR) is 108 cm³/mol. The van der Waals surface area contributed by atoms with Crippen LogP contribution in [0.25, 0.3) is 16.6 Å². The van der Waals surface area contributed by atoms with Gasteiger partial charge in [-0.05, 0) is 42.3 Å². The summed E-state index contributed by atoms with van der Waals surface area (Å²) in [5.74, 6) is 0.343. The van der Waals surface area contributed by atoms with Crippen molar-refractivity contribution in [2.45, 2.75) is 11.3 Å². The molecule has 0 saturated heterocycles. The molecule has 0 saturated carbocycles. The average molecular weight is 448 g/mol. The predicted octanol–water partition coefficient (Wildman–Crippen LogP) is 3.81. The van der Waals surface area contributed by atoms with E-state index in [9.17, 15) is 8.42 Å². The van der Waals surface area contributed by atoms with E-state index in [1.165, 1.54) is 11.4 Å². The Labute approximate surface area is 166 Å². The van der Waals surface area contributed by atoms with Crippen LogP contribution in [0.15, 0.2) is 58.2 Å². The zero-order valence-electron chi connectivity index (χ0n) is 14.6. The Morgan fingerprint density at radius 3 is 2.89 bits per heavy atom. The lowest BCUT2D eigenvalue weighted by Crippen LogP contribution is -2.34. The molecular weight excluding hydrogens is 430 g/mol. The molecule has 27 heavy (non-hydrogen) atoms. The molecule has 0 bridgehead atoms. The number of hydrogen-bond acceptors (Lipinski definition) is 4. The number of aromatic nitrogens is 2. The third-order valence-electron chi connectivity index (χ3n) is 4.71. The third-order valence-corrected chi connectivity index (χ3v) is 7.09. The van der Waals surface area contributed by atoms with Crippen molar-refractivity contribution in [1.82, 2.24) is 14.3 Å². The van der Waals surface area contributed by atoms with Crippen molar-refractivity contribution in [3.63, 3.8) is 0 Å². The number of methoxy groups -OCH3 is 1. The maximum Gasteiger partial charge on any atom is 0.247 e. The fraction of sp³-hybridized carbons (Fsp3) is 0.211. The molecular formula is C19H18BrN3O3S. The lowest BCUT2D eigenvalue weighted by molar-refractivity contribution is 0.395. The molecule has 8 heteroatoms. The first kappa shape index (κ1) is 18.2. The van der Waals surface area contributed by atoms with Crippen LogP contribution in [0, 0.1) is 0 Å². The SMILES string of the molecule is COc1ccc(Br)cc1S(=O)(=O)N1CC=C(c2c[nH]c3ncccc23)CC1. The molecule has 3 heterocycles. The number of aromatic amines is 1. The van der Waals surface area contributed by atoms with Crippen molar-refractivity contribution < 1.29 is 13.2 Å². The van der Waals surface area contributed by atoms with Crippen LogP contribution in [0.4, 0.5) is 0 Å². The van der Waals surface area contributed by atoms with Gasteiger partial charge in [0.05, 0.1) is 7.11 Å². The third kappa shape index (κ3) is 3.28. The molecule has 0 radical (unpaired) electrons. The first-order valence-electron chi connectivity index (χ1n) is 8.46. The summed E-state index contributed by atoms with van der Waals surface area (Å²) in [4.78, 5) is 7.65. The Morgan fingerprint density at radius 2 is 2.15 bits per heavy atom. The zero-order valence-corrected chi connectivity index (χ0v) is 17.0. The molecule has 0 atom stereocenters. The summed E-state index contributed by atoms with van der Waals surface area (Å²) in [6, 6.07) is 8.92. The quantitative estimate of drug-likeness (QED) is 0.659. The van der Waals surface area contributed by atoms with E-state index in [0.717, 1.165) is 22.2 Å². The van der Waals surface area contributed by atoms with Gasteiger partial charge in [0, 0.05) is 40.9 Å². The minimum absolute atomic E-state index is 0.174. The number of sulfonamides is 1. The summed E-state index contributed by atoms with van der Waals surface area (Å²) >= 11 is 3.34. The summed E-state index contributed by atoms with van der Waals surface area (Å²) in [6.45, 7) is 0.733. The highest BCUT2D eigenvalue weighted by atomic mass is 79.9. The van der Waals surface area contributed by atoms with E-state index in [1.54, 1.807) is 24.4 Å². The van der Waals surface area contributed by atoms with Crippen molar-refractivity contribution in [2.75, 3.05) is 20.2 Å². The van der Waals surface area contributed by atoms with Crippen molar-refractivity contribution >= 4 is 42.6 Å². The van der Waals surface area contributed by atoms with Gasteiger partial charge in [-0.15, -0.1) is 0 Å². The van der Waals surface area contributed by atoms with Crippen LogP contribution in [-0.4, -0.2) is 42.9 Å². The highest BCUT2D eigenvalue weighted by Crippen LogP contribution is 2.33. The molecule has 3 aromatic rings. The van der Waals surface area contributed by atoms with E-state index < -0.39 is 10.0 Å². The van der Waals surface area contributed by atoms with E-state index in [-0.39, 0.29) is 4.90 Å². The van der Waals surface area contributed by atoms with Gasteiger partial charge in [0.2, 0.25) is 10.0 Å². The minimum atomic E-state index is -3.65. The van der Waals surface area contributed by atoms with Crippen LogP contribution in [0.1, 0.15) is 12.0 Å². The van der Waals surface area contributed by atoms with Gasteiger partial charge in [0.1, 0.15) is 16.3 Å². The topological polar surface area (TPSA) is 75.3 Å². The lowest BCUT2D eigenvalue weighted by Gasteiger charge is -2.26. The van der Waals surface area contributed by atoms with Crippen LogP contribution < -0.4 is 4.74 Å². The van der Waals surface area contributed by atoms with Crippen molar-refractivity contribution in [3.05, 3.63) is 58.8 Å². The monoisotopic (exact) mass is 447 g/mol. The molecule has 4 rings (SSSR count). The number of rotatable bonds is 4. The molecule has 1 aliphatic heterocycles. The number of nitrogens with zero attached hydrogens (tertiary/aromatic N) is 2. The molecule has 2 aromatic heterocycles. The van der Waals surface area contributed by atoms with Gasteiger partial charge in [-0.25, -0.2) is 13.4 Å². The highest BCUT2D eigenvalue weighted by molar-refractivity contribution is 9.10. The molecule has 0 unspecified atom stereocenters. The normalized spacial score (nSPS) is 15.7.